The van der Waals surface area contributed by atoms with Crippen LogP contribution in [0.2, 0.25) is 0 Å². The minimum atomic E-state index is 0.594. The minimum absolute atomic E-state index is 0.594. The Balaban J connectivity index is 1.16. The van der Waals surface area contributed by atoms with Crippen LogP contribution in [0.4, 0.5) is 0 Å². The lowest BCUT2D eigenvalue weighted by atomic mass is 9.96. The lowest BCUT2D eigenvalue weighted by Crippen LogP contribution is -2.03. The fourth-order valence-corrected chi connectivity index (χ4v) is 9.48. The Hall–Kier alpha value is -8.02. The molecule has 0 radical (unpaired) electrons. The van der Waals surface area contributed by atoms with Gasteiger partial charge in [-0.1, -0.05) is 140 Å². The van der Waals surface area contributed by atoms with E-state index in [-0.39, 0.29) is 0 Å². The molecule has 0 aliphatic carbocycles. The number of benzene rings is 9. The molecule has 4 aromatic heterocycles. The molecule has 0 fully saturated rings. The van der Waals surface area contributed by atoms with Crippen LogP contribution in [0, 0.1) is 0 Å². The zero-order valence-corrected chi connectivity index (χ0v) is 31.7. The Kier molecular flexibility index (Phi) is 6.66. The van der Waals surface area contributed by atoms with E-state index in [1.165, 1.54) is 27.1 Å². The predicted octanol–water partition coefficient (Wildman–Crippen LogP) is 14.2. The van der Waals surface area contributed by atoms with Crippen molar-refractivity contribution in [2.24, 2.45) is 0 Å². The van der Waals surface area contributed by atoms with E-state index in [1.807, 2.05) is 6.07 Å². The molecule has 0 N–H and O–H groups in total. The van der Waals surface area contributed by atoms with Gasteiger partial charge in [0.25, 0.3) is 0 Å². The van der Waals surface area contributed by atoms with Gasteiger partial charge >= 0.3 is 0 Å². The molecule has 0 atom stereocenters. The summed E-state index contributed by atoms with van der Waals surface area (Å²) in [6.07, 6.45) is 0. The van der Waals surface area contributed by atoms with E-state index in [4.69, 9.17) is 14.4 Å². The molecule has 9 aromatic carbocycles. The van der Waals surface area contributed by atoms with Crippen molar-refractivity contribution in [2.75, 3.05) is 0 Å². The fraction of sp³-hybridized carbons (Fsp3) is 0. The summed E-state index contributed by atoms with van der Waals surface area (Å²) in [6.45, 7) is 0. The van der Waals surface area contributed by atoms with Crippen molar-refractivity contribution in [1.29, 1.82) is 0 Å². The molecule has 4 heterocycles. The molecule has 13 aromatic rings. The SMILES string of the molecule is c1ccc(-n2c3ccccc3c3ccc(-c4cc5c6ccccc6oc5c5c4c4ccccc4n5-c4nc(-c5ccc6ccccc6c5)c5ccccc5n4)cc32)cc1. The number of para-hydroxylation sites is 5. The number of rotatable bonds is 4. The fourth-order valence-electron chi connectivity index (χ4n) is 9.48. The van der Waals surface area contributed by atoms with Gasteiger partial charge in [0, 0.05) is 49.0 Å². The number of aromatic nitrogens is 4. The standard InChI is InChI=1S/C54H32N4O/c1-2-16-37(17-3-1)57-46-23-11-7-18-38(46)39-29-28-35(31-48(39)57)43-32-44-40-19-9-13-25-49(40)59-53(44)52-50(43)42-21-8-12-24-47(42)58(52)54-55-45-22-10-6-20-41(45)51(56-54)36-27-26-33-14-4-5-15-34(33)30-36/h1-32H. The van der Waals surface area contributed by atoms with Crippen LogP contribution >= 0.6 is 0 Å². The van der Waals surface area contributed by atoms with Crippen molar-refractivity contribution in [3.63, 3.8) is 0 Å². The normalized spacial score (nSPS) is 12.1. The Morgan fingerprint density at radius 3 is 1.93 bits per heavy atom. The zero-order chi connectivity index (χ0) is 38.6. The van der Waals surface area contributed by atoms with Crippen LogP contribution in [0.25, 0.3) is 121 Å². The van der Waals surface area contributed by atoms with Crippen LogP contribution in [-0.4, -0.2) is 19.1 Å². The first-order chi connectivity index (χ1) is 29.3. The molecule has 0 aliphatic heterocycles. The summed E-state index contributed by atoms with van der Waals surface area (Å²) >= 11 is 0. The maximum atomic E-state index is 6.91. The first kappa shape index (κ1) is 32.1. The largest absolute Gasteiger partial charge is 0.454 e. The number of furan rings is 1. The molecular formula is C54H32N4O. The smallest absolute Gasteiger partial charge is 0.235 e. The van der Waals surface area contributed by atoms with Gasteiger partial charge in [0.15, 0.2) is 5.58 Å². The summed E-state index contributed by atoms with van der Waals surface area (Å²) in [5, 5.41) is 10.1. The third-order valence-electron chi connectivity index (χ3n) is 12.1. The van der Waals surface area contributed by atoms with Crippen molar-refractivity contribution in [3.05, 3.63) is 194 Å². The molecule has 13 rings (SSSR count). The average molecular weight is 753 g/mol. The predicted molar refractivity (Wildman–Crippen MR) is 244 cm³/mol. The monoisotopic (exact) mass is 752 g/mol. The van der Waals surface area contributed by atoms with E-state index in [1.54, 1.807) is 0 Å². The van der Waals surface area contributed by atoms with Crippen LogP contribution in [-0.2, 0) is 0 Å². The van der Waals surface area contributed by atoms with Gasteiger partial charge in [0.05, 0.1) is 27.8 Å². The van der Waals surface area contributed by atoms with Gasteiger partial charge in [-0.15, -0.1) is 0 Å². The van der Waals surface area contributed by atoms with Crippen molar-refractivity contribution >= 4 is 87.2 Å². The molecule has 0 aliphatic rings. The van der Waals surface area contributed by atoms with E-state index in [9.17, 15) is 0 Å². The molecular weight excluding hydrogens is 721 g/mol. The highest BCUT2D eigenvalue weighted by molar-refractivity contribution is 6.26. The van der Waals surface area contributed by atoms with E-state index >= 15 is 0 Å². The van der Waals surface area contributed by atoms with Crippen molar-refractivity contribution in [1.82, 2.24) is 19.1 Å². The van der Waals surface area contributed by atoms with Crippen molar-refractivity contribution in [2.45, 2.75) is 0 Å². The quantitative estimate of drug-likeness (QED) is 0.180. The van der Waals surface area contributed by atoms with E-state index in [0.29, 0.717) is 5.95 Å². The Morgan fingerprint density at radius 1 is 0.407 bits per heavy atom. The minimum Gasteiger partial charge on any atom is -0.454 e. The van der Waals surface area contributed by atoms with Gasteiger partial charge < -0.3 is 8.98 Å². The molecule has 0 saturated carbocycles. The molecule has 59 heavy (non-hydrogen) atoms. The average Bonchev–Trinajstić information content (AvgIpc) is 3.96. The molecule has 0 bridgehead atoms. The maximum absolute atomic E-state index is 6.91. The summed E-state index contributed by atoms with van der Waals surface area (Å²) in [5.74, 6) is 0.594. The topological polar surface area (TPSA) is 48.8 Å². The third kappa shape index (κ3) is 4.67. The number of nitrogens with zero attached hydrogens (tertiary/aromatic N) is 4. The molecule has 5 heteroatoms. The second-order valence-electron chi connectivity index (χ2n) is 15.3. The molecule has 5 nitrogen and oxygen atoms in total. The zero-order valence-electron chi connectivity index (χ0n) is 31.7. The van der Waals surface area contributed by atoms with Gasteiger partial charge in [0.2, 0.25) is 5.95 Å². The molecule has 274 valence electrons. The molecule has 0 amide bonds. The first-order valence-electron chi connectivity index (χ1n) is 20.0. The third-order valence-corrected chi connectivity index (χ3v) is 12.1. The highest BCUT2D eigenvalue weighted by Crippen LogP contribution is 2.46. The van der Waals surface area contributed by atoms with Gasteiger partial charge in [-0.2, -0.15) is 0 Å². The molecule has 0 spiro atoms. The lowest BCUT2D eigenvalue weighted by Gasteiger charge is -2.13. The van der Waals surface area contributed by atoms with Gasteiger partial charge in [-0.25, -0.2) is 9.97 Å². The van der Waals surface area contributed by atoms with E-state index in [2.05, 4.69) is 197 Å². The van der Waals surface area contributed by atoms with Gasteiger partial charge in [0.1, 0.15) is 11.1 Å². The van der Waals surface area contributed by atoms with Crippen LogP contribution in [0.15, 0.2) is 199 Å². The Morgan fingerprint density at radius 2 is 1.07 bits per heavy atom. The summed E-state index contributed by atoms with van der Waals surface area (Å²) in [7, 11) is 0. The summed E-state index contributed by atoms with van der Waals surface area (Å²) in [5.41, 5.74) is 12.1. The first-order valence-corrected chi connectivity index (χ1v) is 20.0. The number of hydrogen-bond donors (Lipinski definition) is 0. The van der Waals surface area contributed by atoms with Crippen LogP contribution in [0.5, 0.6) is 0 Å². The van der Waals surface area contributed by atoms with E-state index < -0.39 is 0 Å². The van der Waals surface area contributed by atoms with Crippen molar-refractivity contribution in [3.8, 4) is 34.0 Å². The van der Waals surface area contributed by atoms with Gasteiger partial charge in [-0.3, -0.25) is 4.57 Å². The van der Waals surface area contributed by atoms with Gasteiger partial charge in [-0.05, 0) is 76.5 Å². The molecule has 0 saturated heterocycles. The second kappa shape index (κ2) is 12.2. The maximum Gasteiger partial charge on any atom is 0.235 e. The van der Waals surface area contributed by atoms with Crippen LogP contribution < -0.4 is 0 Å². The summed E-state index contributed by atoms with van der Waals surface area (Å²) in [4.78, 5) is 10.8. The number of hydrogen-bond acceptors (Lipinski definition) is 3. The Bertz CT molecular complexity index is 3850. The van der Waals surface area contributed by atoms with E-state index in [0.717, 1.165) is 88.2 Å². The number of fused-ring (bicyclic) bond motifs is 12. The van der Waals surface area contributed by atoms with Crippen LogP contribution in [0.3, 0.4) is 0 Å². The summed E-state index contributed by atoms with van der Waals surface area (Å²) < 4.78 is 11.5. The highest BCUT2D eigenvalue weighted by atomic mass is 16.3. The molecule has 0 unspecified atom stereocenters. The summed E-state index contributed by atoms with van der Waals surface area (Å²) in [6, 6.07) is 69.0. The second-order valence-corrected chi connectivity index (χ2v) is 15.3. The Labute approximate surface area is 337 Å². The lowest BCUT2D eigenvalue weighted by molar-refractivity contribution is 0.671. The van der Waals surface area contributed by atoms with Crippen LogP contribution in [0.1, 0.15) is 0 Å². The van der Waals surface area contributed by atoms with Crippen molar-refractivity contribution < 1.29 is 4.42 Å². The highest BCUT2D eigenvalue weighted by Gasteiger charge is 2.25.